The molecular formula is C13H16Cl2F4N2O. The van der Waals surface area contributed by atoms with E-state index in [1.165, 1.54) is 12.1 Å². The maximum absolute atomic E-state index is 13.3. The maximum Gasteiger partial charge on any atom is 0.573 e. The average molecular weight is 363 g/mol. The van der Waals surface area contributed by atoms with Crippen LogP contribution in [0.15, 0.2) is 18.2 Å². The molecule has 3 nitrogen and oxygen atoms in total. The van der Waals surface area contributed by atoms with Gasteiger partial charge in [0.25, 0.3) is 0 Å². The van der Waals surface area contributed by atoms with E-state index in [2.05, 4.69) is 10.1 Å². The summed E-state index contributed by atoms with van der Waals surface area (Å²) in [7, 11) is 0. The molecule has 1 aliphatic rings. The summed E-state index contributed by atoms with van der Waals surface area (Å²) in [6.07, 6.45) is -4.80. The molecule has 1 fully saturated rings. The number of rotatable bonds is 4. The van der Waals surface area contributed by atoms with E-state index < -0.39 is 24.8 Å². The van der Waals surface area contributed by atoms with E-state index in [4.69, 9.17) is 11.6 Å². The minimum Gasteiger partial charge on any atom is -0.404 e. The van der Waals surface area contributed by atoms with E-state index in [-0.39, 0.29) is 17.4 Å². The molecule has 0 aliphatic carbocycles. The zero-order chi connectivity index (χ0) is 15.5. The molecule has 0 bridgehead atoms. The summed E-state index contributed by atoms with van der Waals surface area (Å²) in [5.41, 5.74) is 0.541. The van der Waals surface area contributed by atoms with Crippen molar-refractivity contribution < 1.29 is 22.3 Å². The fourth-order valence-corrected chi connectivity index (χ4v) is 2.55. The maximum atomic E-state index is 13.3. The first-order chi connectivity index (χ1) is 9.90. The van der Waals surface area contributed by atoms with Crippen molar-refractivity contribution in [1.82, 2.24) is 10.2 Å². The van der Waals surface area contributed by atoms with Gasteiger partial charge < -0.3 is 10.1 Å². The van der Waals surface area contributed by atoms with E-state index in [1.807, 2.05) is 4.90 Å². The Morgan fingerprint density at radius 3 is 2.41 bits per heavy atom. The molecule has 0 saturated carbocycles. The van der Waals surface area contributed by atoms with Crippen LogP contribution in [-0.2, 0) is 0 Å². The van der Waals surface area contributed by atoms with E-state index >= 15 is 0 Å². The third-order valence-corrected chi connectivity index (χ3v) is 3.60. The summed E-state index contributed by atoms with van der Waals surface area (Å²) in [6, 6.07) is 3.36. The molecule has 2 rings (SSSR count). The smallest absolute Gasteiger partial charge is 0.404 e. The van der Waals surface area contributed by atoms with Crippen LogP contribution >= 0.6 is 24.0 Å². The Morgan fingerprint density at radius 1 is 1.27 bits per heavy atom. The average Bonchev–Trinajstić information content (AvgIpc) is 2.42. The Kier molecular flexibility index (Phi) is 7.18. The summed E-state index contributed by atoms with van der Waals surface area (Å²) in [6.45, 7) is 2.22. The summed E-state index contributed by atoms with van der Waals surface area (Å²) in [5, 5.41) is 2.97. The number of benzene rings is 1. The minimum atomic E-state index is -4.80. The standard InChI is InChI=1S/C13H15ClF4N2O.ClH/c14-10-7-9(1-2-12(10)21-13(16,17)18)11(8-15)20-5-3-19-4-6-20;/h1-2,7,11,19H,3-6,8H2;1H/t11-;/m1./s1. The van der Waals surface area contributed by atoms with Crippen molar-refractivity contribution in [3.63, 3.8) is 0 Å². The SMILES string of the molecule is Cl.FC[C@H](c1ccc(OC(F)(F)F)c(Cl)c1)N1CCNCC1. The third-order valence-electron chi connectivity index (χ3n) is 3.30. The lowest BCUT2D eigenvalue weighted by Crippen LogP contribution is -2.45. The van der Waals surface area contributed by atoms with Crippen LogP contribution in [0.1, 0.15) is 11.6 Å². The Morgan fingerprint density at radius 2 is 1.91 bits per heavy atom. The quantitative estimate of drug-likeness (QED) is 0.828. The van der Waals surface area contributed by atoms with Crippen molar-refractivity contribution in [2.75, 3.05) is 32.9 Å². The number of nitrogens with zero attached hydrogens (tertiary/aromatic N) is 1. The monoisotopic (exact) mass is 362 g/mol. The van der Waals surface area contributed by atoms with Crippen molar-refractivity contribution in [2.45, 2.75) is 12.4 Å². The van der Waals surface area contributed by atoms with Gasteiger partial charge in [-0.1, -0.05) is 17.7 Å². The van der Waals surface area contributed by atoms with Crippen LogP contribution in [0.5, 0.6) is 5.75 Å². The van der Waals surface area contributed by atoms with Gasteiger partial charge in [0.15, 0.2) is 0 Å². The van der Waals surface area contributed by atoms with Gasteiger partial charge in [0.2, 0.25) is 0 Å². The second kappa shape index (κ2) is 8.19. The molecule has 1 saturated heterocycles. The van der Waals surface area contributed by atoms with Gasteiger partial charge in [-0.05, 0) is 17.7 Å². The molecule has 1 N–H and O–H groups in total. The van der Waals surface area contributed by atoms with Crippen molar-refractivity contribution >= 4 is 24.0 Å². The van der Waals surface area contributed by atoms with Gasteiger partial charge in [-0.25, -0.2) is 4.39 Å². The number of hydrogen-bond acceptors (Lipinski definition) is 3. The molecule has 0 unspecified atom stereocenters. The lowest BCUT2D eigenvalue weighted by Gasteiger charge is -2.33. The van der Waals surface area contributed by atoms with Gasteiger partial charge in [-0.2, -0.15) is 0 Å². The molecule has 1 aliphatic heterocycles. The summed E-state index contributed by atoms with van der Waals surface area (Å²) < 4.78 is 53.7. The molecule has 0 amide bonds. The second-order valence-electron chi connectivity index (χ2n) is 4.69. The van der Waals surface area contributed by atoms with Crippen LogP contribution in [0.4, 0.5) is 17.6 Å². The highest BCUT2D eigenvalue weighted by atomic mass is 35.5. The fraction of sp³-hybridized carbons (Fsp3) is 0.538. The topological polar surface area (TPSA) is 24.5 Å². The van der Waals surface area contributed by atoms with Crippen LogP contribution in [0.3, 0.4) is 0 Å². The molecule has 1 aromatic rings. The first-order valence-corrected chi connectivity index (χ1v) is 6.84. The van der Waals surface area contributed by atoms with Crippen LogP contribution in [0.2, 0.25) is 5.02 Å². The summed E-state index contributed by atoms with van der Waals surface area (Å²) >= 11 is 5.80. The Balaban J connectivity index is 0.00000242. The van der Waals surface area contributed by atoms with E-state index in [9.17, 15) is 17.6 Å². The third kappa shape index (κ3) is 5.15. The van der Waals surface area contributed by atoms with Crippen molar-refractivity contribution in [2.24, 2.45) is 0 Å². The predicted molar refractivity (Wildman–Crippen MR) is 78.5 cm³/mol. The van der Waals surface area contributed by atoms with Gasteiger partial charge in [-0.3, -0.25) is 4.90 Å². The molecule has 126 valence electrons. The summed E-state index contributed by atoms with van der Waals surface area (Å²) in [5.74, 6) is -0.481. The Bertz CT molecular complexity index is 482. The van der Waals surface area contributed by atoms with Crippen LogP contribution < -0.4 is 10.1 Å². The molecule has 0 radical (unpaired) electrons. The highest BCUT2D eigenvalue weighted by Gasteiger charge is 2.32. The molecule has 1 atom stereocenters. The van der Waals surface area contributed by atoms with E-state index in [0.717, 1.165) is 19.2 Å². The Hall–Kier alpha value is -0.760. The Labute approximate surface area is 137 Å². The molecule has 1 heterocycles. The molecule has 0 aromatic heterocycles. The van der Waals surface area contributed by atoms with Crippen molar-refractivity contribution in [1.29, 1.82) is 0 Å². The first-order valence-electron chi connectivity index (χ1n) is 6.46. The number of halogens is 6. The van der Waals surface area contributed by atoms with Gasteiger partial charge in [0.05, 0.1) is 11.1 Å². The van der Waals surface area contributed by atoms with Gasteiger partial charge >= 0.3 is 6.36 Å². The molecule has 1 aromatic carbocycles. The predicted octanol–water partition coefficient (Wildman–Crippen LogP) is 3.58. The van der Waals surface area contributed by atoms with Crippen molar-refractivity contribution in [3.8, 4) is 5.75 Å². The highest BCUT2D eigenvalue weighted by molar-refractivity contribution is 6.32. The van der Waals surface area contributed by atoms with Crippen LogP contribution in [0.25, 0.3) is 0 Å². The number of nitrogens with one attached hydrogen (secondary N) is 1. The second-order valence-corrected chi connectivity index (χ2v) is 5.10. The van der Waals surface area contributed by atoms with Gasteiger partial charge in [0, 0.05) is 26.2 Å². The normalized spacial score (nSPS) is 17.7. The van der Waals surface area contributed by atoms with E-state index in [0.29, 0.717) is 18.7 Å². The van der Waals surface area contributed by atoms with Crippen LogP contribution in [-0.4, -0.2) is 44.1 Å². The summed E-state index contributed by atoms with van der Waals surface area (Å²) in [4.78, 5) is 1.94. The number of ether oxygens (including phenoxy) is 1. The fourth-order valence-electron chi connectivity index (χ4n) is 2.32. The molecular weight excluding hydrogens is 347 g/mol. The van der Waals surface area contributed by atoms with Gasteiger partial charge in [-0.15, -0.1) is 25.6 Å². The lowest BCUT2D eigenvalue weighted by atomic mass is 10.1. The minimum absolute atomic E-state index is 0. The highest BCUT2D eigenvalue weighted by Crippen LogP contribution is 2.33. The molecule has 0 spiro atoms. The molecule has 22 heavy (non-hydrogen) atoms. The number of piperazine rings is 1. The van der Waals surface area contributed by atoms with Crippen LogP contribution in [0, 0.1) is 0 Å². The van der Waals surface area contributed by atoms with Crippen molar-refractivity contribution in [3.05, 3.63) is 28.8 Å². The van der Waals surface area contributed by atoms with E-state index in [1.54, 1.807) is 0 Å². The lowest BCUT2D eigenvalue weighted by molar-refractivity contribution is -0.274. The largest absolute Gasteiger partial charge is 0.573 e. The number of alkyl halides is 4. The van der Waals surface area contributed by atoms with Gasteiger partial charge in [0.1, 0.15) is 12.4 Å². The molecule has 9 heteroatoms. The first kappa shape index (κ1) is 19.3. The zero-order valence-corrected chi connectivity index (χ0v) is 13.1. The number of hydrogen-bond donors (Lipinski definition) is 1. The zero-order valence-electron chi connectivity index (χ0n) is 11.5.